The molecule has 0 unspecified atom stereocenters. The molecule has 0 N–H and O–H groups in total. The van der Waals surface area contributed by atoms with Gasteiger partial charge in [-0.05, 0) is 75.1 Å². The Morgan fingerprint density at radius 3 is 2.42 bits per heavy atom. The molecular formula is C23H16O. The third-order valence-corrected chi connectivity index (χ3v) is 4.79. The number of fused-ring (bicyclic) bond motifs is 6. The fourth-order valence-corrected chi connectivity index (χ4v) is 3.66. The Morgan fingerprint density at radius 1 is 0.667 bits per heavy atom. The van der Waals surface area contributed by atoms with Crippen LogP contribution in [-0.2, 0) is 0 Å². The van der Waals surface area contributed by atoms with E-state index in [1.54, 1.807) is 6.26 Å². The van der Waals surface area contributed by atoms with Gasteiger partial charge in [-0.1, -0.05) is 42.5 Å². The molecule has 0 bridgehead atoms. The van der Waals surface area contributed by atoms with Crippen molar-refractivity contribution in [2.75, 3.05) is 0 Å². The topological polar surface area (TPSA) is 13.1 Å². The van der Waals surface area contributed by atoms with Gasteiger partial charge in [-0.2, -0.15) is 0 Å². The molecule has 1 aromatic heterocycles. The highest BCUT2D eigenvalue weighted by Gasteiger charge is 2.07. The van der Waals surface area contributed by atoms with Gasteiger partial charge in [0, 0.05) is 5.39 Å². The van der Waals surface area contributed by atoms with Gasteiger partial charge in [-0.3, -0.25) is 0 Å². The molecule has 24 heavy (non-hydrogen) atoms. The lowest BCUT2D eigenvalue weighted by atomic mass is 9.96. The molecule has 5 rings (SSSR count). The summed E-state index contributed by atoms with van der Waals surface area (Å²) in [6.07, 6.45) is 5.98. The maximum atomic E-state index is 5.54. The Balaban J connectivity index is 1.89. The summed E-state index contributed by atoms with van der Waals surface area (Å²) in [4.78, 5) is 0. The fourth-order valence-electron chi connectivity index (χ4n) is 3.66. The van der Waals surface area contributed by atoms with Crippen LogP contribution in [0.15, 0.2) is 77.4 Å². The van der Waals surface area contributed by atoms with Crippen molar-refractivity contribution in [2.45, 2.75) is 6.92 Å². The van der Waals surface area contributed by atoms with Crippen molar-refractivity contribution in [1.82, 2.24) is 0 Å². The number of allylic oxidation sites excluding steroid dienone is 1. The molecule has 0 saturated carbocycles. The smallest absolute Gasteiger partial charge is 0.134 e. The number of hydrogen-bond donors (Lipinski definition) is 0. The van der Waals surface area contributed by atoms with Crippen molar-refractivity contribution in [1.29, 1.82) is 0 Å². The Bertz CT molecular complexity index is 1250. The first-order valence-corrected chi connectivity index (χ1v) is 8.23. The second kappa shape index (κ2) is 4.97. The number of hydrogen-bond acceptors (Lipinski definition) is 1. The first-order chi connectivity index (χ1) is 11.8. The lowest BCUT2D eigenvalue weighted by molar-refractivity contribution is 0.616. The summed E-state index contributed by atoms with van der Waals surface area (Å²) < 4.78 is 5.54. The van der Waals surface area contributed by atoms with Crippen LogP contribution in [0.25, 0.3) is 49.4 Å². The Kier molecular flexibility index (Phi) is 2.77. The molecule has 0 amide bonds. The summed E-state index contributed by atoms with van der Waals surface area (Å²) in [7, 11) is 0. The molecule has 0 aliphatic carbocycles. The van der Waals surface area contributed by atoms with Gasteiger partial charge in [0.2, 0.25) is 0 Å². The van der Waals surface area contributed by atoms with Crippen LogP contribution in [0.2, 0.25) is 0 Å². The zero-order chi connectivity index (χ0) is 16.1. The summed E-state index contributed by atoms with van der Waals surface area (Å²) in [6.45, 7) is 2.05. The van der Waals surface area contributed by atoms with E-state index < -0.39 is 0 Å². The summed E-state index contributed by atoms with van der Waals surface area (Å²) in [5.41, 5.74) is 2.18. The lowest BCUT2D eigenvalue weighted by Gasteiger charge is -2.08. The molecule has 4 aromatic carbocycles. The van der Waals surface area contributed by atoms with E-state index in [9.17, 15) is 0 Å². The number of furan rings is 1. The lowest BCUT2D eigenvalue weighted by Crippen LogP contribution is -1.81. The maximum Gasteiger partial charge on any atom is 0.134 e. The third kappa shape index (κ3) is 1.88. The Labute approximate surface area is 139 Å². The van der Waals surface area contributed by atoms with Crippen molar-refractivity contribution >= 4 is 49.4 Å². The largest absolute Gasteiger partial charge is 0.464 e. The van der Waals surface area contributed by atoms with E-state index >= 15 is 0 Å². The molecule has 0 radical (unpaired) electrons. The summed E-state index contributed by atoms with van der Waals surface area (Å²) in [6, 6.07) is 21.9. The van der Waals surface area contributed by atoms with Gasteiger partial charge in [-0.15, -0.1) is 0 Å². The van der Waals surface area contributed by atoms with Gasteiger partial charge in [0.05, 0.1) is 6.26 Å². The number of benzene rings is 4. The van der Waals surface area contributed by atoms with Crippen molar-refractivity contribution in [2.24, 2.45) is 0 Å². The molecule has 0 spiro atoms. The zero-order valence-electron chi connectivity index (χ0n) is 13.4. The molecule has 1 nitrogen and oxygen atoms in total. The van der Waals surface area contributed by atoms with Gasteiger partial charge in [-0.25, -0.2) is 0 Å². The standard InChI is InChI=1S/C23H16O/c1-2-3-15-4-5-16-14-22-17(13-18(16)12-15)6-7-19-20(22)8-9-23-21(19)10-11-24-23/h2-14H,1H3/b3-2+. The van der Waals surface area contributed by atoms with Crippen LogP contribution in [0.3, 0.4) is 0 Å². The fraction of sp³-hybridized carbons (Fsp3) is 0.0435. The maximum absolute atomic E-state index is 5.54. The van der Waals surface area contributed by atoms with Crippen LogP contribution in [0, 0.1) is 0 Å². The monoisotopic (exact) mass is 308 g/mol. The molecule has 0 saturated heterocycles. The van der Waals surface area contributed by atoms with Crippen molar-refractivity contribution < 1.29 is 4.42 Å². The molecule has 1 heteroatoms. The number of rotatable bonds is 1. The quantitative estimate of drug-likeness (QED) is 0.242. The molecule has 5 aromatic rings. The van der Waals surface area contributed by atoms with E-state index in [0.717, 1.165) is 5.58 Å². The SMILES string of the molecule is C/C=C/c1ccc2cc3c(ccc4c5ccoc5ccc34)cc2c1. The van der Waals surface area contributed by atoms with Gasteiger partial charge in [0.25, 0.3) is 0 Å². The second-order valence-electron chi connectivity index (χ2n) is 6.24. The average Bonchev–Trinajstić information content (AvgIpc) is 3.09. The van der Waals surface area contributed by atoms with Crippen LogP contribution in [-0.4, -0.2) is 0 Å². The molecule has 1 heterocycles. The van der Waals surface area contributed by atoms with Crippen molar-refractivity contribution in [3.8, 4) is 0 Å². The molecule has 0 atom stereocenters. The molecule has 0 aliphatic rings. The summed E-state index contributed by atoms with van der Waals surface area (Å²) in [5, 5.41) is 8.83. The summed E-state index contributed by atoms with van der Waals surface area (Å²) >= 11 is 0. The van der Waals surface area contributed by atoms with E-state index in [0.29, 0.717) is 0 Å². The van der Waals surface area contributed by atoms with E-state index in [1.165, 1.54) is 43.3 Å². The van der Waals surface area contributed by atoms with Gasteiger partial charge in [0.15, 0.2) is 0 Å². The van der Waals surface area contributed by atoms with Crippen molar-refractivity contribution in [3.63, 3.8) is 0 Å². The normalized spacial score (nSPS) is 12.2. The van der Waals surface area contributed by atoms with E-state index in [1.807, 2.05) is 13.0 Å². The predicted octanol–water partition coefficient (Wildman–Crippen LogP) is 6.93. The highest BCUT2D eigenvalue weighted by molar-refractivity contribution is 6.18. The minimum Gasteiger partial charge on any atom is -0.464 e. The van der Waals surface area contributed by atoms with Crippen LogP contribution in [0.1, 0.15) is 12.5 Å². The summed E-state index contributed by atoms with van der Waals surface area (Å²) in [5.74, 6) is 0. The molecule has 0 aliphatic heterocycles. The average molecular weight is 308 g/mol. The highest BCUT2D eigenvalue weighted by atomic mass is 16.3. The van der Waals surface area contributed by atoms with Crippen LogP contribution < -0.4 is 0 Å². The van der Waals surface area contributed by atoms with Gasteiger partial charge < -0.3 is 4.42 Å². The van der Waals surface area contributed by atoms with E-state index in [4.69, 9.17) is 4.42 Å². The first kappa shape index (κ1) is 13.4. The zero-order valence-corrected chi connectivity index (χ0v) is 13.4. The van der Waals surface area contributed by atoms with Crippen LogP contribution >= 0.6 is 0 Å². The predicted molar refractivity (Wildman–Crippen MR) is 103 cm³/mol. The third-order valence-electron chi connectivity index (χ3n) is 4.79. The first-order valence-electron chi connectivity index (χ1n) is 8.23. The molecular weight excluding hydrogens is 292 g/mol. The van der Waals surface area contributed by atoms with Crippen LogP contribution in [0.5, 0.6) is 0 Å². The van der Waals surface area contributed by atoms with E-state index in [-0.39, 0.29) is 0 Å². The van der Waals surface area contributed by atoms with Crippen LogP contribution in [0.4, 0.5) is 0 Å². The van der Waals surface area contributed by atoms with Gasteiger partial charge in [0.1, 0.15) is 5.58 Å². The minimum absolute atomic E-state index is 0.943. The van der Waals surface area contributed by atoms with Crippen molar-refractivity contribution in [3.05, 3.63) is 78.6 Å². The highest BCUT2D eigenvalue weighted by Crippen LogP contribution is 2.34. The molecule has 114 valence electrons. The minimum atomic E-state index is 0.943. The Morgan fingerprint density at radius 2 is 1.50 bits per heavy atom. The Hall–Kier alpha value is -3.06. The van der Waals surface area contributed by atoms with E-state index in [2.05, 4.69) is 66.7 Å². The second-order valence-corrected chi connectivity index (χ2v) is 6.24. The van der Waals surface area contributed by atoms with Gasteiger partial charge >= 0.3 is 0 Å². The molecule has 0 fully saturated rings.